The van der Waals surface area contributed by atoms with E-state index in [1.54, 1.807) is 6.07 Å². The van der Waals surface area contributed by atoms with Gasteiger partial charge >= 0.3 is 0 Å². The van der Waals surface area contributed by atoms with Crippen molar-refractivity contribution in [1.29, 1.82) is 0 Å². The van der Waals surface area contributed by atoms with Crippen molar-refractivity contribution in [2.24, 2.45) is 0 Å². The highest BCUT2D eigenvalue weighted by Gasteiger charge is 2.36. The fourth-order valence-corrected chi connectivity index (χ4v) is 4.60. The first-order valence-corrected chi connectivity index (χ1v) is 9.01. The van der Waals surface area contributed by atoms with Crippen LogP contribution in [0, 0.1) is 0 Å². The quantitative estimate of drug-likeness (QED) is 0.855. The first kappa shape index (κ1) is 15.2. The summed E-state index contributed by atoms with van der Waals surface area (Å²) in [6.45, 7) is 1.50. The lowest BCUT2D eigenvalue weighted by atomic mass is 10.2. The van der Waals surface area contributed by atoms with Gasteiger partial charge in [-0.25, -0.2) is 13.1 Å². The van der Waals surface area contributed by atoms with Crippen LogP contribution in [-0.4, -0.2) is 43.6 Å². The van der Waals surface area contributed by atoms with E-state index < -0.39 is 10.0 Å². The third-order valence-corrected chi connectivity index (χ3v) is 6.07. The smallest absolute Gasteiger partial charge is 0.242 e. The van der Waals surface area contributed by atoms with Crippen LogP contribution < -0.4 is 4.72 Å². The number of hydrogen-bond donors (Lipinski definition) is 2. The van der Waals surface area contributed by atoms with Crippen LogP contribution in [0.3, 0.4) is 0 Å². The predicted octanol–water partition coefficient (Wildman–Crippen LogP) is 1.35. The molecule has 116 valence electrons. The number of rotatable bonds is 5. The van der Waals surface area contributed by atoms with E-state index in [9.17, 15) is 8.42 Å². The second kappa shape index (κ2) is 5.85. The van der Waals surface area contributed by atoms with Gasteiger partial charge in [0.2, 0.25) is 10.0 Å². The zero-order valence-electron chi connectivity index (χ0n) is 11.6. The van der Waals surface area contributed by atoms with Crippen LogP contribution in [0.4, 0.5) is 0 Å². The van der Waals surface area contributed by atoms with Crippen LogP contribution in [0.5, 0.6) is 0 Å². The zero-order valence-corrected chi connectivity index (χ0v) is 13.2. The van der Waals surface area contributed by atoms with E-state index in [2.05, 4.69) is 9.62 Å². The van der Waals surface area contributed by atoms with Gasteiger partial charge in [0.1, 0.15) is 4.90 Å². The summed E-state index contributed by atoms with van der Waals surface area (Å²) in [5.41, 5.74) is 0.533. The molecule has 0 spiro atoms. The Morgan fingerprint density at radius 3 is 2.76 bits per heavy atom. The molecule has 3 rings (SSSR count). The molecule has 7 heteroatoms. The second-order valence-corrected chi connectivity index (χ2v) is 7.85. The molecule has 0 radical (unpaired) electrons. The molecule has 1 saturated carbocycles. The third-order valence-electron chi connectivity index (χ3n) is 4.07. The number of sulfonamides is 1. The molecule has 1 unspecified atom stereocenters. The molecule has 1 atom stereocenters. The van der Waals surface area contributed by atoms with Crippen LogP contribution in [0.2, 0.25) is 5.02 Å². The highest BCUT2D eigenvalue weighted by Crippen LogP contribution is 2.30. The van der Waals surface area contributed by atoms with Gasteiger partial charge in [0.15, 0.2) is 0 Å². The fourth-order valence-electron chi connectivity index (χ4n) is 2.79. The lowest BCUT2D eigenvalue weighted by molar-refractivity contribution is 0.281. The largest absolute Gasteiger partial charge is 0.392 e. The topological polar surface area (TPSA) is 69.6 Å². The van der Waals surface area contributed by atoms with Gasteiger partial charge in [0.25, 0.3) is 0 Å². The average Bonchev–Trinajstić information content (AvgIpc) is 3.20. The molecule has 1 aromatic rings. The van der Waals surface area contributed by atoms with Gasteiger partial charge in [0, 0.05) is 25.2 Å². The molecule has 5 nitrogen and oxygen atoms in total. The summed E-state index contributed by atoms with van der Waals surface area (Å²) in [4.78, 5) is 2.39. The lowest BCUT2D eigenvalue weighted by Crippen LogP contribution is -2.37. The molecule has 1 heterocycles. The minimum Gasteiger partial charge on any atom is -0.392 e. The van der Waals surface area contributed by atoms with Gasteiger partial charge in [-0.1, -0.05) is 17.7 Å². The number of benzene rings is 1. The van der Waals surface area contributed by atoms with Gasteiger partial charge in [0.05, 0.1) is 11.6 Å². The van der Waals surface area contributed by atoms with E-state index in [0.717, 1.165) is 19.5 Å². The molecule has 2 fully saturated rings. The van der Waals surface area contributed by atoms with E-state index in [-0.39, 0.29) is 22.6 Å². The van der Waals surface area contributed by atoms with E-state index in [1.807, 2.05) is 0 Å². The Kier molecular flexibility index (Phi) is 4.25. The number of likely N-dealkylation sites (tertiary alicyclic amines) is 1. The standard InChI is InChI=1S/C14H19ClN2O3S/c15-13-4-1-10(9-18)7-14(13)21(19,20)16-11-5-6-17(8-11)12-2-3-12/h1,4,7,11-12,16,18H,2-3,5-6,8-9H2. The van der Waals surface area contributed by atoms with Crippen molar-refractivity contribution in [2.45, 2.75) is 42.8 Å². The zero-order chi connectivity index (χ0) is 15.0. The van der Waals surface area contributed by atoms with Crippen LogP contribution >= 0.6 is 11.6 Å². The number of halogens is 1. The summed E-state index contributed by atoms with van der Waals surface area (Å²) in [6.07, 6.45) is 3.28. The van der Waals surface area contributed by atoms with Gasteiger partial charge in [-0.2, -0.15) is 0 Å². The molecular formula is C14H19ClN2O3S. The SMILES string of the molecule is O=S(=O)(NC1CCN(C2CC2)C1)c1cc(CO)ccc1Cl. The maximum absolute atomic E-state index is 12.5. The van der Waals surface area contributed by atoms with Crippen molar-refractivity contribution in [1.82, 2.24) is 9.62 Å². The Balaban J connectivity index is 1.74. The minimum atomic E-state index is -3.66. The van der Waals surface area contributed by atoms with Gasteiger partial charge < -0.3 is 5.11 Å². The molecule has 1 aliphatic carbocycles. The number of aliphatic hydroxyl groups is 1. The van der Waals surface area contributed by atoms with Crippen LogP contribution in [-0.2, 0) is 16.6 Å². The molecule has 1 aliphatic heterocycles. The summed E-state index contributed by atoms with van der Waals surface area (Å²) in [6, 6.07) is 5.14. The van der Waals surface area contributed by atoms with Crippen molar-refractivity contribution in [3.63, 3.8) is 0 Å². The Hall–Kier alpha value is -0.660. The van der Waals surface area contributed by atoms with Gasteiger partial charge in [-0.05, 0) is 37.0 Å². The van der Waals surface area contributed by atoms with Crippen LogP contribution in [0.15, 0.2) is 23.1 Å². The fraction of sp³-hybridized carbons (Fsp3) is 0.571. The first-order valence-electron chi connectivity index (χ1n) is 7.15. The summed E-state index contributed by atoms with van der Waals surface area (Å²) < 4.78 is 27.7. The summed E-state index contributed by atoms with van der Waals surface area (Å²) in [7, 11) is -3.66. The first-order chi connectivity index (χ1) is 9.99. The van der Waals surface area contributed by atoms with E-state index >= 15 is 0 Å². The number of aliphatic hydroxyl groups excluding tert-OH is 1. The molecule has 21 heavy (non-hydrogen) atoms. The van der Waals surface area contributed by atoms with Crippen molar-refractivity contribution >= 4 is 21.6 Å². The minimum absolute atomic E-state index is 0.0422. The van der Waals surface area contributed by atoms with Crippen molar-refractivity contribution in [3.8, 4) is 0 Å². The summed E-state index contributed by atoms with van der Waals surface area (Å²) >= 11 is 6.00. The van der Waals surface area contributed by atoms with E-state index in [4.69, 9.17) is 16.7 Å². The summed E-state index contributed by atoms with van der Waals surface area (Å²) in [5, 5.41) is 9.32. The highest BCUT2D eigenvalue weighted by atomic mass is 35.5. The second-order valence-electron chi connectivity index (χ2n) is 5.76. The van der Waals surface area contributed by atoms with Crippen molar-refractivity contribution in [2.75, 3.05) is 13.1 Å². The predicted molar refractivity (Wildman–Crippen MR) is 80.7 cm³/mol. The molecule has 0 amide bonds. The summed E-state index contributed by atoms with van der Waals surface area (Å²) in [5.74, 6) is 0. The molecule has 0 bridgehead atoms. The maximum Gasteiger partial charge on any atom is 0.242 e. The molecule has 0 aromatic heterocycles. The van der Waals surface area contributed by atoms with Gasteiger partial charge in [-0.15, -0.1) is 0 Å². The molecule has 2 aliphatic rings. The van der Waals surface area contributed by atoms with Crippen LogP contribution in [0.1, 0.15) is 24.8 Å². The van der Waals surface area contributed by atoms with E-state index in [0.29, 0.717) is 11.6 Å². The molecule has 2 N–H and O–H groups in total. The Morgan fingerprint density at radius 1 is 1.33 bits per heavy atom. The molecular weight excluding hydrogens is 312 g/mol. The lowest BCUT2D eigenvalue weighted by Gasteiger charge is -2.16. The van der Waals surface area contributed by atoms with Gasteiger partial charge in [-0.3, -0.25) is 4.90 Å². The van der Waals surface area contributed by atoms with Crippen LogP contribution in [0.25, 0.3) is 0 Å². The van der Waals surface area contributed by atoms with Crippen molar-refractivity contribution < 1.29 is 13.5 Å². The monoisotopic (exact) mass is 330 g/mol. The number of nitrogens with one attached hydrogen (secondary N) is 1. The average molecular weight is 331 g/mol. The molecule has 1 saturated heterocycles. The number of nitrogens with zero attached hydrogens (tertiary/aromatic N) is 1. The third kappa shape index (κ3) is 3.40. The number of hydrogen-bond acceptors (Lipinski definition) is 4. The Labute approximate surface area is 130 Å². The Morgan fingerprint density at radius 2 is 2.10 bits per heavy atom. The highest BCUT2D eigenvalue weighted by molar-refractivity contribution is 7.89. The maximum atomic E-state index is 12.5. The molecule has 1 aromatic carbocycles. The Bertz CT molecular complexity index is 631. The normalized spacial score (nSPS) is 23.6. The van der Waals surface area contributed by atoms with Crippen molar-refractivity contribution in [3.05, 3.63) is 28.8 Å². The van der Waals surface area contributed by atoms with E-state index in [1.165, 1.54) is 25.0 Å².